The molecule has 0 spiro atoms. The van der Waals surface area contributed by atoms with E-state index in [0.717, 1.165) is 43.3 Å². The van der Waals surface area contributed by atoms with Gasteiger partial charge in [0.25, 0.3) is 0 Å². The molecule has 0 unspecified atom stereocenters. The van der Waals surface area contributed by atoms with Crippen molar-refractivity contribution in [1.29, 1.82) is 0 Å². The summed E-state index contributed by atoms with van der Waals surface area (Å²) in [4.78, 5) is 24.6. The van der Waals surface area contributed by atoms with E-state index in [1.54, 1.807) is 0 Å². The lowest BCUT2D eigenvalue weighted by Gasteiger charge is -2.46. The van der Waals surface area contributed by atoms with Crippen LogP contribution in [0.4, 0.5) is 0 Å². The van der Waals surface area contributed by atoms with Crippen molar-refractivity contribution in [2.45, 2.75) is 169 Å². The smallest absolute Gasteiger partial charge is 0.302 e. The van der Waals surface area contributed by atoms with Crippen molar-refractivity contribution < 1.29 is 29.3 Å². The maximum absolute atomic E-state index is 13.1. The molecule has 5 atom stereocenters. The molecule has 0 aromatic carbocycles. The quantitative estimate of drug-likeness (QED) is 0.0632. The van der Waals surface area contributed by atoms with Crippen LogP contribution in [0.5, 0.6) is 0 Å². The molecule has 6 heteroatoms. The number of ether oxygens (including phenoxy) is 2. The number of hydrogen-bond donors (Lipinski definition) is 2. The van der Waals surface area contributed by atoms with Crippen LogP contribution >= 0.6 is 0 Å². The maximum Gasteiger partial charge on any atom is 0.302 e. The lowest BCUT2D eigenvalue weighted by Crippen LogP contribution is -2.48. The summed E-state index contributed by atoms with van der Waals surface area (Å²) in [5.74, 6) is -0.155. The summed E-state index contributed by atoms with van der Waals surface area (Å²) in [5, 5.41) is 21.5. The molecule has 48 heavy (non-hydrogen) atoms. The molecule has 1 saturated heterocycles. The van der Waals surface area contributed by atoms with Gasteiger partial charge in [0, 0.05) is 26.2 Å². The molecule has 1 aliphatic heterocycles. The number of aliphatic hydroxyl groups excluding tert-OH is 1. The number of carbonyl (C=O) groups excluding carboxylic acids is 2. The Morgan fingerprint density at radius 2 is 1.42 bits per heavy atom. The molecule has 6 nitrogen and oxygen atoms in total. The first-order valence-electron chi connectivity index (χ1n) is 18.0. The van der Waals surface area contributed by atoms with Crippen LogP contribution in [0.3, 0.4) is 0 Å². The van der Waals surface area contributed by atoms with E-state index in [-0.39, 0.29) is 34.8 Å². The third-order valence-electron chi connectivity index (χ3n) is 11.1. The number of rotatable bonds is 14. The van der Waals surface area contributed by atoms with Gasteiger partial charge in [-0.1, -0.05) is 86.9 Å². The van der Waals surface area contributed by atoms with Crippen molar-refractivity contribution in [3.8, 4) is 0 Å². The highest BCUT2D eigenvalue weighted by atomic mass is 16.6. The lowest BCUT2D eigenvalue weighted by atomic mass is 9.61. The van der Waals surface area contributed by atoms with Crippen LogP contribution in [-0.4, -0.2) is 51.0 Å². The topological polar surface area (TPSA) is 96.4 Å². The zero-order valence-electron chi connectivity index (χ0n) is 31.8. The average Bonchev–Trinajstić information content (AvgIpc) is 3.53. The maximum atomic E-state index is 13.1. The summed E-state index contributed by atoms with van der Waals surface area (Å²) in [6, 6.07) is 0. The molecule has 3 aliphatic rings. The molecule has 0 aromatic heterocycles. The minimum absolute atomic E-state index is 0.143. The molecule has 3 rings (SSSR count). The fraction of sp³-hybridized carbons (Fsp3) is 0.667. The highest BCUT2D eigenvalue weighted by Gasteiger charge is 2.76. The zero-order valence-corrected chi connectivity index (χ0v) is 31.8. The van der Waals surface area contributed by atoms with Crippen LogP contribution < -0.4 is 0 Å². The Morgan fingerprint density at radius 1 is 0.833 bits per heavy atom. The fourth-order valence-corrected chi connectivity index (χ4v) is 8.50. The van der Waals surface area contributed by atoms with E-state index in [2.05, 4.69) is 91.0 Å². The van der Waals surface area contributed by atoms with E-state index in [0.29, 0.717) is 32.1 Å². The predicted octanol–water partition coefficient (Wildman–Crippen LogP) is 9.38. The first-order chi connectivity index (χ1) is 22.1. The van der Waals surface area contributed by atoms with Crippen molar-refractivity contribution in [3.05, 3.63) is 70.4 Å². The van der Waals surface area contributed by atoms with E-state index in [1.165, 1.54) is 23.6 Å². The van der Waals surface area contributed by atoms with Gasteiger partial charge >= 0.3 is 5.97 Å². The van der Waals surface area contributed by atoms with E-state index < -0.39 is 16.8 Å². The number of fused-ring (bicyclic) bond motifs is 1. The van der Waals surface area contributed by atoms with Gasteiger partial charge in [-0.05, 0) is 108 Å². The minimum Gasteiger partial charge on any atom is -0.462 e. The minimum atomic E-state index is -0.998. The van der Waals surface area contributed by atoms with E-state index in [4.69, 9.17) is 9.47 Å². The lowest BCUT2D eigenvalue weighted by molar-refractivity contribution is -0.152. The second-order valence-corrected chi connectivity index (χ2v) is 16.8. The summed E-state index contributed by atoms with van der Waals surface area (Å²) >= 11 is 0. The van der Waals surface area contributed by atoms with Crippen molar-refractivity contribution in [2.75, 3.05) is 0 Å². The molecule has 0 bridgehead atoms. The number of hydrogen-bond acceptors (Lipinski definition) is 6. The van der Waals surface area contributed by atoms with Gasteiger partial charge < -0.3 is 19.7 Å². The summed E-state index contributed by atoms with van der Waals surface area (Å²) in [6.45, 7) is 22.1. The van der Waals surface area contributed by atoms with Crippen LogP contribution in [0.2, 0.25) is 0 Å². The largest absolute Gasteiger partial charge is 0.462 e. The molecule has 3 fully saturated rings. The third-order valence-corrected chi connectivity index (χ3v) is 11.1. The Balaban J connectivity index is 1.42. The van der Waals surface area contributed by atoms with Crippen molar-refractivity contribution in [1.82, 2.24) is 0 Å². The molecule has 2 saturated carbocycles. The van der Waals surface area contributed by atoms with Gasteiger partial charge in [0.2, 0.25) is 0 Å². The Hall–Kier alpha value is -2.54. The molecule has 0 amide bonds. The van der Waals surface area contributed by atoms with Gasteiger partial charge in [-0.2, -0.15) is 0 Å². The van der Waals surface area contributed by atoms with Crippen LogP contribution in [0.25, 0.3) is 0 Å². The number of epoxide rings is 1. The van der Waals surface area contributed by atoms with Crippen molar-refractivity contribution >= 4 is 11.8 Å². The summed E-state index contributed by atoms with van der Waals surface area (Å²) in [6.07, 6.45) is 21.6. The van der Waals surface area contributed by atoms with Gasteiger partial charge in [-0.3, -0.25) is 9.59 Å². The Bertz CT molecular complexity index is 1360. The van der Waals surface area contributed by atoms with Gasteiger partial charge in [0.1, 0.15) is 11.7 Å². The molecular formula is C42H64O6. The van der Waals surface area contributed by atoms with E-state index in [9.17, 15) is 19.8 Å². The molecule has 2 aliphatic carbocycles. The number of esters is 1. The molecule has 0 aromatic rings. The summed E-state index contributed by atoms with van der Waals surface area (Å²) in [7, 11) is 0. The highest BCUT2D eigenvalue weighted by molar-refractivity contribution is 5.96. The first-order valence-corrected chi connectivity index (χ1v) is 18.0. The average molecular weight is 665 g/mol. The highest BCUT2D eigenvalue weighted by Crippen LogP contribution is 2.67. The van der Waals surface area contributed by atoms with Gasteiger partial charge in [0.05, 0.1) is 17.3 Å². The monoisotopic (exact) mass is 664 g/mol. The summed E-state index contributed by atoms with van der Waals surface area (Å²) < 4.78 is 11.7. The molecule has 0 radical (unpaired) electrons. The molecular weight excluding hydrogens is 600 g/mol. The standard InChI is InChI=1S/C42H64O6/c1-29(18-14-19-31(3)22-23-37-38(6,7)26-35(47-33(5)43)27-40(37,10)46)16-12-13-17-30(2)20-15-21-32(4)36(45)28-42-39(8,9)24-34(44)25-41(42,11)48-42/h12-13,16-17,19,21,23,34-35,44,46H,14-15,18,20,22,24-28H2,1-11H3/b13-12+,29-16+,30-17+,31-19+,32-21+,37-23+/t34-,35-,40+,41+,42-/m0/s1. The van der Waals surface area contributed by atoms with Crippen LogP contribution in [0.1, 0.15) is 140 Å². The predicted molar refractivity (Wildman–Crippen MR) is 195 cm³/mol. The number of allylic oxidation sites excluding steroid dienone is 11. The van der Waals surface area contributed by atoms with Gasteiger partial charge in [-0.25, -0.2) is 0 Å². The van der Waals surface area contributed by atoms with Gasteiger partial charge in [0.15, 0.2) is 5.78 Å². The van der Waals surface area contributed by atoms with Crippen LogP contribution in [0.15, 0.2) is 70.4 Å². The van der Waals surface area contributed by atoms with Crippen molar-refractivity contribution in [3.63, 3.8) is 0 Å². The van der Waals surface area contributed by atoms with Crippen molar-refractivity contribution in [2.24, 2.45) is 10.8 Å². The zero-order chi connectivity index (χ0) is 36.1. The molecule has 2 N–H and O–H groups in total. The second-order valence-electron chi connectivity index (χ2n) is 16.8. The second kappa shape index (κ2) is 15.6. The van der Waals surface area contributed by atoms with Gasteiger partial charge in [-0.15, -0.1) is 0 Å². The molecule has 1 heterocycles. The number of ketones is 1. The molecule has 268 valence electrons. The summed E-state index contributed by atoms with van der Waals surface area (Å²) in [5.41, 5.74) is 3.32. The Labute approximate surface area is 291 Å². The van der Waals surface area contributed by atoms with E-state index in [1.807, 2.05) is 20.8 Å². The van der Waals surface area contributed by atoms with Crippen LogP contribution in [-0.2, 0) is 19.1 Å². The fourth-order valence-electron chi connectivity index (χ4n) is 8.50. The SMILES string of the molecule is CC(=O)O[C@H]1CC(C)(C)/C(=C\C/C(C)=C/CC/C(C)=C/C=C/C=C(\C)CC/C=C(\C)C(=O)C[C@@]23O[C@]2(C)C[C@@H](O)CC3(C)C)[C@](C)(O)C1. The number of carbonyl (C=O) groups is 2. The number of aliphatic hydroxyl groups is 2. The normalized spacial score (nSPS) is 33.1. The van der Waals surface area contributed by atoms with Crippen LogP contribution in [0, 0.1) is 10.8 Å². The Morgan fingerprint density at radius 3 is 1.96 bits per heavy atom. The Kier molecular flexibility index (Phi) is 12.9. The first kappa shape index (κ1) is 39.9. The number of Topliss-reactive ketones (excluding diaryl/α,β-unsaturated/α-hetero) is 1. The third kappa shape index (κ3) is 10.0. The van der Waals surface area contributed by atoms with E-state index >= 15 is 0 Å².